The highest BCUT2D eigenvalue weighted by molar-refractivity contribution is 9.10. The molecule has 122 valence electrons. The Bertz CT molecular complexity index is 883. The third kappa shape index (κ3) is 3.21. The quantitative estimate of drug-likeness (QED) is 0.475. The zero-order chi connectivity index (χ0) is 17.1. The van der Waals surface area contributed by atoms with Crippen LogP contribution in [0.15, 0.2) is 59.1 Å². The summed E-state index contributed by atoms with van der Waals surface area (Å²) >= 11 is 3.51. The topological polar surface area (TPSA) is 44.8 Å². The summed E-state index contributed by atoms with van der Waals surface area (Å²) in [5, 5.41) is 2.04. The average Bonchev–Trinajstić information content (AvgIpc) is 2.63. The lowest BCUT2D eigenvalue weighted by molar-refractivity contribution is 0.0733. The van der Waals surface area contributed by atoms with Crippen molar-refractivity contribution >= 4 is 32.7 Å². The van der Waals surface area contributed by atoms with Crippen LogP contribution in [0.1, 0.15) is 10.4 Å². The summed E-state index contributed by atoms with van der Waals surface area (Å²) in [7, 11) is 3.06. The standard InChI is InChI=1S/C19H15BrO4/c1-22-14-9-13(10-15(11-14)23-2)19(21)24-17-8-7-12-5-3-4-6-16(12)18(17)20/h3-11H,1-2H3. The van der Waals surface area contributed by atoms with Crippen LogP contribution >= 0.6 is 15.9 Å². The van der Waals surface area contributed by atoms with Crippen LogP contribution in [0.2, 0.25) is 0 Å². The maximum Gasteiger partial charge on any atom is 0.343 e. The molecule has 3 rings (SSSR count). The van der Waals surface area contributed by atoms with Gasteiger partial charge in [0.25, 0.3) is 0 Å². The number of hydrogen-bond acceptors (Lipinski definition) is 4. The van der Waals surface area contributed by atoms with Crippen LogP contribution in [0.25, 0.3) is 10.8 Å². The first-order valence-electron chi connectivity index (χ1n) is 7.25. The van der Waals surface area contributed by atoms with Crippen molar-refractivity contribution in [1.29, 1.82) is 0 Å². The lowest BCUT2D eigenvalue weighted by atomic mass is 10.1. The smallest absolute Gasteiger partial charge is 0.343 e. The SMILES string of the molecule is COc1cc(OC)cc(C(=O)Oc2ccc3ccccc3c2Br)c1. The van der Waals surface area contributed by atoms with Crippen molar-refractivity contribution in [3.05, 3.63) is 64.6 Å². The van der Waals surface area contributed by atoms with E-state index in [-0.39, 0.29) is 0 Å². The molecule has 0 heterocycles. The second-order valence-corrected chi connectivity index (χ2v) is 5.88. The molecule has 0 saturated carbocycles. The molecule has 4 nitrogen and oxygen atoms in total. The molecule has 0 atom stereocenters. The van der Waals surface area contributed by atoms with Gasteiger partial charge in [-0.1, -0.05) is 30.3 Å². The summed E-state index contributed by atoms with van der Waals surface area (Å²) in [4.78, 5) is 12.5. The Morgan fingerprint density at radius 3 is 2.25 bits per heavy atom. The minimum atomic E-state index is -0.483. The van der Waals surface area contributed by atoms with E-state index in [9.17, 15) is 4.79 Å². The number of carbonyl (C=O) groups is 1. The highest BCUT2D eigenvalue weighted by atomic mass is 79.9. The number of esters is 1. The van der Waals surface area contributed by atoms with E-state index in [0.29, 0.717) is 22.8 Å². The third-order valence-electron chi connectivity index (χ3n) is 3.62. The van der Waals surface area contributed by atoms with Gasteiger partial charge in [-0.25, -0.2) is 4.79 Å². The number of benzene rings is 3. The van der Waals surface area contributed by atoms with Gasteiger partial charge in [-0.05, 0) is 44.9 Å². The largest absolute Gasteiger partial charge is 0.497 e. The first-order chi connectivity index (χ1) is 11.6. The molecule has 0 aliphatic rings. The van der Waals surface area contributed by atoms with Gasteiger partial charge >= 0.3 is 5.97 Å². The van der Waals surface area contributed by atoms with Crippen molar-refractivity contribution in [2.75, 3.05) is 14.2 Å². The normalized spacial score (nSPS) is 10.5. The van der Waals surface area contributed by atoms with E-state index < -0.39 is 5.97 Å². The first-order valence-corrected chi connectivity index (χ1v) is 8.04. The number of hydrogen-bond donors (Lipinski definition) is 0. The van der Waals surface area contributed by atoms with Crippen molar-refractivity contribution in [2.24, 2.45) is 0 Å². The zero-order valence-corrected chi connectivity index (χ0v) is 14.8. The van der Waals surface area contributed by atoms with Gasteiger partial charge in [-0.2, -0.15) is 0 Å². The lowest BCUT2D eigenvalue weighted by Crippen LogP contribution is -2.09. The van der Waals surface area contributed by atoms with Crippen LogP contribution in [0.5, 0.6) is 17.2 Å². The number of rotatable bonds is 4. The van der Waals surface area contributed by atoms with E-state index in [1.54, 1.807) is 24.3 Å². The van der Waals surface area contributed by atoms with Crippen molar-refractivity contribution in [1.82, 2.24) is 0 Å². The monoisotopic (exact) mass is 386 g/mol. The Kier molecular flexibility index (Phi) is 4.71. The van der Waals surface area contributed by atoms with Gasteiger partial charge in [0.1, 0.15) is 17.2 Å². The predicted molar refractivity (Wildman–Crippen MR) is 96.2 cm³/mol. The summed E-state index contributed by atoms with van der Waals surface area (Å²) < 4.78 is 16.6. The van der Waals surface area contributed by atoms with Crippen LogP contribution in [0, 0.1) is 0 Å². The van der Waals surface area contributed by atoms with E-state index in [4.69, 9.17) is 14.2 Å². The predicted octanol–water partition coefficient (Wildman–Crippen LogP) is 4.84. The van der Waals surface area contributed by atoms with E-state index in [0.717, 1.165) is 15.2 Å². The summed E-state index contributed by atoms with van der Waals surface area (Å²) in [5.74, 6) is 1.03. The van der Waals surface area contributed by atoms with Gasteiger partial charge in [-0.15, -0.1) is 0 Å². The van der Waals surface area contributed by atoms with E-state index in [1.807, 2.05) is 30.3 Å². The van der Waals surface area contributed by atoms with Gasteiger partial charge in [-0.3, -0.25) is 0 Å². The molecule has 0 saturated heterocycles. The summed E-state index contributed by atoms with van der Waals surface area (Å²) in [6.45, 7) is 0. The Balaban J connectivity index is 1.94. The Hall–Kier alpha value is -2.53. The molecule has 0 aromatic heterocycles. The fraction of sp³-hybridized carbons (Fsp3) is 0.105. The zero-order valence-electron chi connectivity index (χ0n) is 13.2. The van der Waals surface area contributed by atoms with E-state index >= 15 is 0 Å². The van der Waals surface area contributed by atoms with Crippen molar-refractivity contribution in [3.63, 3.8) is 0 Å². The molecule has 3 aromatic carbocycles. The molecule has 24 heavy (non-hydrogen) atoms. The molecule has 3 aromatic rings. The van der Waals surface area contributed by atoms with Crippen LogP contribution in [-0.4, -0.2) is 20.2 Å². The maximum absolute atomic E-state index is 12.5. The minimum Gasteiger partial charge on any atom is -0.497 e. The molecule has 0 fully saturated rings. The third-order valence-corrected chi connectivity index (χ3v) is 4.44. The molecule has 0 amide bonds. The van der Waals surface area contributed by atoms with E-state index in [1.165, 1.54) is 14.2 Å². The number of halogens is 1. The lowest BCUT2D eigenvalue weighted by Gasteiger charge is -2.11. The molecule has 5 heteroatoms. The number of ether oxygens (including phenoxy) is 3. The Labute approximate surface area is 148 Å². The Morgan fingerprint density at radius 1 is 0.917 bits per heavy atom. The highest BCUT2D eigenvalue weighted by Crippen LogP contribution is 2.34. The van der Waals surface area contributed by atoms with Crippen molar-refractivity contribution in [2.45, 2.75) is 0 Å². The molecule has 0 N–H and O–H groups in total. The highest BCUT2D eigenvalue weighted by Gasteiger charge is 2.15. The molecule has 0 radical (unpaired) electrons. The van der Waals surface area contributed by atoms with Crippen LogP contribution in [0.3, 0.4) is 0 Å². The van der Waals surface area contributed by atoms with Crippen LogP contribution in [-0.2, 0) is 0 Å². The second kappa shape index (κ2) is 6.93. The number of carbonyl (C=O) groups excluding carboxylic acids is 1. The van der Waals surface area contributed by atoms with E-state index in [2.05, 4.69) is 15.9 Å². The van der Waals surface area contributed by atoms with Crippen LogP contribution < -0.4 is 14.2 Å². The van der Waals surface area contributed by atoms with Gasteiger partial charge < -0.3 is 14.2 Å². The summed E-state index contributed by atoms with van der Waals surface area (Å²) in [6, 6.07) is 16.5. The van der Waals surface area contributed by atoms with Gasteiger partial charge in [0.15, 0.2) is 0 Å². The molecule has 0 unspecified atom stereocenters. The van der Waals surface area contributed by atoms with Gasteiger partial charge in [0, 0.05) is 6.07 Å². The number of methoxy groups -OCH3 is 2. The summed E-state index contributed by atoms with van der Waals surface area (Å²) in [6.07, 6.45) is 0. The van der Waals surface area contributed by atoms with Crippen LogP contribution in [0.4, 0.5) is 0 Å². The fourth-order valence-electron chi connectivity index (χ4n) is 2.38. The molecular formula is C19H15BrO4. The van der Waals surface area contributed by atoms with Gasteiger partial charge in [0.2, 0.25) is 0 Å². The maximum atomic E-state index is 12.5. The summed E-state index contributed by atoms with van der Waals surface area (Å²) in [5.41, 5.74) is 0.353. The fourth-order valence-corrected chi connectivity index (χ4v) is 2.95. The van der Waals surface area contributed by atoms with Gasteiger partial charge in [0.05, 0.1) is 24.3 Å². The minimum absolute atomic E-state index is 0.353. The second-order valence-electron chi connectivity index (χ2n) is 5.09. The Morgan fingerprint density at radius 2 is 1.58 bits per heavy atom. The molecule has 0 aliphatic carbocycles. The van der Waals surface area contributed by atoms with Crippen molar-refractivity contribution < 1.29 is 19.0 Å². The van der Waals surface area contributed by atoms with Crippen molar-refractivity contribution in [3.8, 4) is 17.2 Å². The first kappa shape index (κ1) is 16.3. The molecular weight excluding hydrogens is 372 g/mol. The number of fused-ring (bicyclic) bond motifs is 1. The average molecular weight is 387 g/mol. The molecule has 0 spiro atoms. The molecule has 0 aliphatic heterocycles. The molecule has 0 bridgehead atoms.